The van der Waals surface area contributed by atoms with Crippen LogP contribution in [0.1, 0.15) is 32.1 Å². The Labute approximate surface area is 67.2 Å². The maximum absolute atomic E-state index is 10.1. The summed E-state index contributed by atoms with van der Waals surface area (Å²) in [6.45, 7) is 0. The molecule has 0 amide bonds. The Morgan fingerprint density at radius 1 is 1.30 bits per heavy atom. The van der Waals surface area contributed by atoms with Crippen molar-refractivity contribution in [2.75, 3.05) is 0 Å². The fourth-order valence-electron chi connectivity index (χ4n) is 1.26. The predicted octanol–water partition coefficient (Wildman–Crippen LogP) is 2.84. The molecular formula is C6H11ClO2P+. The number of hydrogen-bond donors (Lipinski definition) is 0. The Bertz CT molecular complexity index is 123. The first-order chi connectivity index (χ1) is 4.77. The Balaban J connectivity index is 2.39. The summed E-state index contributed by atoms with van der Waals surface area (Å²) in [5.74, 6) is 0. The average molecular weight is 182 g/mol. The van der Waals surface area contributed by atoms with Crippen molar-refractivity contribution in [3.05, 3.63) is 0 Å². The highest BCUT2D eigenvalue weighted by atomic mass is 35.5. The Hall–Kier alpha value is 0.350. The van der Waals surface area contributed by atoms with Gasteiger partial charge in [0.2, 0.25) is 0 Å². The van der Waals surface area contributed by atoms with Gasteiger partial charge in [-0.15, -0.1) is 4.52 Å². The van der Waals surface area contributed by atoms with Crippen LogP contribution in [0, 0.1) is 0 Å². The first kappa shape index (κ1) is 8.45. The molecule has 1 saturated carbocycles. The molecule has 1 unspecified atom stereocenters. The summed E-state index contributed by atoms with van der Waals surface area (Å²) in [5, 5.41) is -0.599. The molecule has 4 heteroatoms. The molecule has 2 nitrogen and oxygen atoms in total. The van der Waals surface area contributed by atoms with Gasteiger partial charge in [0.15, 0.2) is 5.06 Å². The highest BCUT2D eigenvalue weighted by Crippen LogP contribution is 2.37. The zero-order valence-corrected chi connectivity index (χ0v) is 7.49. The fraction of sp³-hybridized carbons (Fsp3) is 1.00. The molecule has 1 fully saturated rings. The molecule has 0 aliphatic heterocycles. The first-order valence-electron chi connectivity index (χ1n) is 3.51. The van der Waals surface area contributed by atoms with Gasteiger partial charge in [-0.1, -0.05) is 18.0 Å². The third kappa shape index (κ3) is 2.19. The fourth-order valence-corrected chi connectivity index (χ4v) is 1.97. The molecule has 1 rings (SSSR count). The maximum Gasteiger partial charge on any atom is 0.495 e. The molecular weight excluding hydrogens is 170 g/mol. The molecule has 1 aliphatic carbocycles. The van der Waals surface area contributed by atoms with Gasteiger partial charge in [-0.2, -0.15) is 0 Å². The van der Waals surface area contributed by atoms with E-state index in [4.69, 9.17) is 16.1 Å². The molecule has 0 spiro atoms. The van der Waals surface area contributed by atoms with Crippen molar-refractivity contribution in [2.24, 2.45) is 0 Å². The van der Waals surface area contributed by atoms with Crippen LogP contribution < -0.4 is 0 Å². The van der Waals surface area contributed by atoms with Gasteiger partial charge in [-0.25, -0.2) is 0 Å². The standard InChI is InChI=1S/C6H11ClO2P/c7-6(9-10-8)4-2-1-3-5-6/h10H,1-5H2/q+1. The van der Waals surface area contributed by atoms with Gasteiger partial charge >= 0.3 is 8.69 Å². The van der Waals surface area contributed by atoms with Crippen molar-refractivity contribution in [3.8, 4) is 0 Å². The lowest BCUT2D eigenvalue weighted by Gasteiger charge is -2.23. The minimum atomic E-state index is -0.722. The first-order valence-corrected chi connectivity index (χ1v) is 4.70. The van der Waals surface area contributed by atoms with E-state index in [0.29, 0.717) is 0 Å². The lowest BCUT2D eigenvalue weighted by Crippen LogP contribution is -2.24. The van der Waals surface area contributed by atoms with Crippen molar-refractivity contribution >= 4 is 20.3 Å². The van der Waals surface area contributed by atoms with Gasteiger partial charge in [0.25, 0.3) is 0 Å². The number of alkyl halides is 1. The van der Waals surface area contributed by atoms with Gasteiger partial charge in [0.05, 0.1) is 0 Å². The summed E-state index contributed by atoms with van der Waals surface area (Å²) < 4.78 is 15.0. The SMILES string of the molecule is O=[PH+]OC1(Cl)CCCCC1. The molecule has 0 N–H and O–H groups in total. The summed E-state index contributed by atoms with van der Waals surface area (Å²) in [6, 6.07) is 0. The Kier molecular flexibility index (Phi) is 3.09. The molecule has 1 aliphatic rings. The molecule has 0 aromatic rings. The molecule has 0 heterocycles. The normalized spacial score (nSPS) is 24.9. The third-order valence-electron chi connectivity index (χ3n) is 1.82. The van der Waals surface area contributed by atoms with Gasteiger partial charge in [-0.05, 0) is 30.2 Å². The largest absolute Gasteiger partial charge is 0.495 e. The van der Waals surface area contributed by atoms with Crippen LogP contribution in [0.15, 0.2) is 0 Å². The summed E-state index contributed by atoms with van der Waals surface area (Å²) in [5.41, 5.74) is 0. The second kappa shape index (κ2) is 3.66. The number of halogens is 1. The van der Waals surface area contributed by atoms with E-state index in [9.17, 15) is 4.57 Å². The molecule has 0 aromatic heterocycles. The topological polar surface area (TPSA) is 26.3 Å². The second-order valence-electron chi connectivity index (χ2n) is 2.63. The van der Waals surface area contributed by atoms with Crippen molar-refractivity contribution < 1.29 is 9.09 Å². The van der Waals surface area contributed by atoms with Crippen LogP contribution in [-0.2, 0) is 9.09 Å². The van der Waals surface area contributed by atoms with Crippen molar-refractivity contribution in [3.63, 3.8) is 0 Å². The highest BCUT2D eigenvalue weighted by molar-refractivity contribution is 7.17. The van der Waals surface area contributed by atoms with Gasteiger partial charge in [-0.3, -0.25) is 0 Å². The van der Waals surface area contributed by atoms with Crippen LogP contribution in [0.4, 0.5) is 0 Å². The van der Waals surface area contributed by atoms with Crippen LogP contribution in [0.25, 0.3) is 0 Å². The quantitative estimate of drug-likeness (QED) is 0.484. The number of hydrogen-bond acceptors (Lipinski definition) is 2. The summed E-state index contributed by atoms with van der Waals surface area (Å²) in [4.78, 5) is 0. The lowest BCUT2D eigenvalue weighted by atomic mass is 9.97. The summed E-state index contributed by atoms with van der Waals surface area (Å²) >= 11 is 5.96. The lowest BCUT2D eigenvalue weighted by molar-refractivity contribution is 0.129. The molecule has 0 radical (unpaired) electrons. The van der Waals surface area contributed by atoms with E-state index in [2.05, 4.69) is 0 Å². The van der Waals surface area contributed by atoms with Crippen LogP contribution >= 0.6 is 20.3 Å². The van der Waals surface area contributed by atoms with Crippen LogP contribution in [0.2, 0.25) is 0 Å². The van der Waals surface area contributed by atoms with Gasteiger partial charge < -0.3 is 0 Å². The third-order valence-corrected chi connectivity index (χ3v) is 2.88. The monoisotopic (exact) mass is 181 g/mol. The van der Waals surface area contributed by atoms with Crippen molar-refractivity contribution in [1.82, 2.24) is 0 Å². The molecule has 0 saturated heterocycles. The minimum absolute atomic E-state index is 0.599. The van der Waals surface area contributed by atoms with E-state index in [0.717, 1.165) is 25.7 Å². The van der Waals surface area contributed by atoms with Gasteiger partial charge in [0, 0.05) is 0 Å². The molecule has 58 valence electrons. The van der Waals surface area contributed by atoms with Crippen LogP contribution in [0.5, 0.6) is 0 Å². The second-order valence-corrected chi connectivity index (χ2v) is 3.69. The van der Waals surface area contributed by atoms with Crippen molar-refractivity contribution in [1.29, 1.82) is 0 Å². The zero-order valence-electron chi connectivity index (χ0n) is 5.73. The maximum atomic E-state index is 10.1. The molecule has 10 heavy (non-hydrogen) atoms. The van der Waals surface area contributed by atoms with E-state index in [-0.39, 0.29) is 0 Å². The smallest absolute Gasteiger partial charge is 0.125 e. The average Bonchev–Trinajstić information content (AvgIpc) is 1.89. The number of rotatable bonds is 2. The summed E-state index contributed by atoms with van der Waals surface area (Å²) in [6.07, 6.45) is 5.08. The zero-order chi connectivity index (χ0) is 7.45. The molecule has 1 atom stereocenters. The van der Waals surface area contributed by atoms with Gasteiger partial charge in [0.1, 0.15) is 0 Å². The minimum Gasteiger partial charge on any atom is -0.125 e. The molecule has 0 bridgehead atoms. The van der Waals surface area contributed by atoms with Crippen molar-refractivity contribution in [2.45, 2.75) is 37.2 Å². The van der Waals surface area contributed by atoms with E-state index < -0.39 is 13.7 Å². The summed E-state index contributed by atoms with van der Waals surface area (Å²) in [7, 11) is -0.722. The van der Waals surface area contributed by atoms with E-state index in [1.54, 1.807) is 0 Å². The molecule has 0 aromatic carbocycles. The highest BCUT2D eigenvalue weighted by Gasteiger charge is 2.34. The Morgan fingerprint density at radius 2 is 1.90 bits per heavy atom. The Morgan fingerprint density at radius 3 is 2.40 bits per heavy atom. The van der Waals surface area contributed by atoms with E-state index in [1.807, 2.05) is 0 Å². The van der Waals surface area contributed by atoms with E-state index >= 15 is 0 Å². The predicted molar refractivity (Wildman–Crippen MR) is 41.8 cm³/mol. The van der Waals surface area contributed by atoms with E-state index in [1.165, 1.54) is 6.42 Å². The van der Waals surface area contributed by atoms with Crippen LogP contribution in [0.3, 0.4) is 0 Å². The van der Waals surface area contributed by atoms with Crippen LogP contribution in [-0.4, -0.2) is 5.06 Å².